The summed E-state index contributed by atoms with van der Waals surface area (Å²) in [6.45, 7) is 0.501. The minimum atomic E-state index is -4.48. The number of hydrogen-bond donors (Lipinski definition) is 2. The van der Waals surface area contributed by atoms with Crippen LogP contribution in [0.25, 0.3) is 0 Å². The van der Waals surface area contributed by atoms with Crippen LogP contribution in [0.4, 0.5) is 13.2 Å². The lowest BCUT2D eigenvalue weighted by molar-refractivity contribution is -0.258. The molecule has 1 saturated carbocycles. The van der Waals surface area contributed by atoms with Crippen molar-refractivity contribution in [2.24, 2.45) is 11.7 Å². The molecule has 1 rings (SSSR count). The summed E-state index contributed by atoms with van der Waals surface area (Å²) in [6, 6.07) is 0. The third-order valence-electron chi connectivity index (χ3n) is 2.94. The van der Waals surface area contributed by atoms with Crippen LogP contribution in [0, 0.1) is 5.92 Å². The van der Waals surface area contributed by atoms with E-state index in [4.69, 9.17) is 5.73 Å². The first-order valence-electron chi connectivity index (χ1n) is 4.88. The van der Waals surface area contributed by atoms with Crippen molar-refractivity contribution in [3.63, 3.8) is 0 Å². The molecule has 0 aromatic heterocycles. The van der Waals surface area contributed by atoms with Gasteiger partial charge in [-0.05, 0) is 44.6 Å². The van der Waals surface area contributed by atoms with E-state index in [-0.39, 0.29) is 18.8 Å². The van der Waals surface area contributed by atoms with E-state index in [2.05, 4.69) is 0 Å². The molecular formula is C9H16F3NO. The lowest BCUT2D eigenvalue weighted by Gasteiger charge is -2.25. The predicted molar refractivity (Wildman–Crippen MR) is 46.6 cm³/mol. The first-order chi connectivity index (χ1) is 6.39. The summed E-state index contributed by atoms with van der Waals surface area (Å²) >= 11 is 0. The van der Waals surface area contributed by atoms with Crippen LogP contribution < -0.4 is 5.73 Å². The fraction of sp³-hybridized carbons (Fsp3) is 1.00. The molecule has 0 saturated heterocycles. The first-order valence-corrected chi connectivity index (χ1v) is 4.88. The highest BCUT2D eigenvalue weighted by atomic mass is 19.4. The smallest absolute Gasteiger partial charge is 0.380 e. The lowest BCUT2D eigenvalue weighted by atomic mass is 9.97. The van der Waals surface area contributed by atoms with E-state index >= 15 is 0 Å². The quantitative estimate of drug-likeness (QED) is 0.748. The van der Waals surface area contributed by atoms with Gasteiger partial charge >= 0.3 is 6.18 Å². The topological polar surface area (TPSA) is 46.2 Å². The Morgan fingerprint density at radius 2 is 2.07 bits per heavy atom. The molecule has 14 heavy (non-hydrogen) atoms. The second-order valence-electron chi connectivity index (χ2n) is 4.07. The molecule has 2 unspecified atom stereocenters. The molecule has 1 aliphatic rings. The van der Waals surface area contributed by atoms with E-state index in [0.717, 1.165) is 6.42 Å². The molecule has 0 aromatic carbocycles. The molecule has 5 heteroatoms. The number of hydrogen-bond acceptors (Lipinski definition) is 2. The van der Waals surface area contributed by atoms with Crippen LogP contribution in [-0.2, 0) is 0 Å². The molecule has 2 nitrogen and oxygen atoms in total. The Balaban J connectivity index is 2.47. The van der Waals surface area contributed by atoms with E-state index < -0.39 is 11.8 Å². The number of nitrogens with two attached hydrogens (primary N) is 1. The first kappa shape index (κ1) is 11.8. The van der Waals surface area contributed by atoms with Crippen molar-refractivity contribution in [2.75, 3.05) is 6.54 Å². The Morgan fingerprint density at radius 1 is 1.43 bits per heavy atom. The maximum Gasteiger partial charge on any atom is 0.417 e. The number of halogens is 3. The third-order valence-corrected chi connectivity index (χ3v) is 2.94. The van der Waals surface area contributed by atoms with Crippen LogP contribution in [0.3, 0.4) is 0 Å². The average Bonchev–Trinajstić information content (AvgIpc) is 2.44. The highest BCUT2D eigenvalue weighted by Crippen LogP contribution is 2.46. The van der Waals surface area contributed by atoms with Crippen LogP contribution in [0.15, 0.2) is 0 Å². The van der Waals surface area contributed by atoms with Gasteiger partial charge < -0.3 is 10.8 Å². The molecule has 2 atom stereocenters. The second kappa shape index (κ2) is 4.06. The summed E-state index contributed by atoms with van der Waals surface area (Å²) in [5.74, 6) is -0.0230. The van der Waals surface area contributed by atoms with E-state index in [1.807, 2.05) is 0 Å². The molecule has 0 radical (unpaired) electrons. The molecular weight excluding hydrogens is 195 g/mol. The lowest BCUT2D eigenvalue weighted by Crippen LogP contribution is -2.42. The summed E-state index contributed by atoms with van der Waals surface area (Å²) in [5, 5.41) is 9.34. The van der Waals surface area contributed by atoms with E-state index in [9.17, 15) is 18.3 Å². The fourth-order valence-corrected chi connectivity index (χ4v) is 2.03. The van der Waals surface area contributed by atoms with Crippen LogP contribution in [0.5, 0.6) is 0 Å². The van der Waals surface area contributed by atoms with Gasteiger partial charge in [0.25, 0.3) is 0 Å². The minimum Gasteiger partial charge on any atom is -0.380 e. The van der Waals surface area contributed by atoms with Gasteiger partial charge in [0, 0.05) is 0 Å². The molecule has 1 aliphatic carbocycles. The highest BCUT2D eigenvalue weighted by Gasteiger charge is 2.56. The molecule has 84 valence electrons. The second-order valence-corrected chi connectivity index (χ2v) is 4.07. The zero-order valence-electron chi connectivity index (χ0n) is 7.98. The predicted octanol–water partition coefficient (Wildman–Crippen LogP) is 1.82. The summed E-state index contributed by atoms with van der Waals surface area (Å²) in [4.78, 5) is 0. The van der Waals surface area contributed by atoms with Gasteiger partial charge in [-0.1, -0.05) is 0 Å². The summed E-state index contributed by atoms with van der Waals surface area (Å²) in [5.41, 5.74) is 2.84. The van der Waals surface area contributed by atoms with E-state index in [1.165, 1.54) is 0 Å². The Hall–Kier alpha value is -0.290. The number of aliphatic hydroxyl groups is 1. The Kier molecular flexibility index (Phi) is 3.42. The van der Waals surface area contributed by atoms with Gasteiger partial charge in [-0.15, -0.1) is 0 Å². The van der Waals surface area contributed by atoms with Gasteiger partial charge in [0.15, 0.2) is 5.60 Å². The van der Waals surface area contributed by atoms with Crippen LogP contribution in [0.1, 0.15) is 32.1 Å². The maximum absolute atomic E-state index is 12.4. The van der Waals surface area contributed by atoms with Crippen molar-refractivity contribution in [1.29, 1.82) is 0 Å². The van der Waals surface area contributed by atoms with Crippen LogP contribution in [0.2, 0.25) is 0 Å². The van der Waals surface area contributed by atoms with Gasteiger partial charge in [-0.2, -0.15) is 13.2 Å². The molecule has 1 fully saturated rings. The summed E-state index contributed by atoms with van der Waals surface area (Å²) in [6.07, 6.45) is -2.92. The van der Waals surface area contributed by atoms with Gasteiger partial charge in [0.1, 0.15) is 0 Å². The van der Waals surface area contributed by atoms with Crippen molar-refractivity contribution in [1.82, 2.24) is 0 Å². The SMILES string of the molecule is NCCCC1CCC(O)(C(F)(F)F)C1. The fourth-order valence-electron chi connectivity index (χ4n) is 2.03. The van der Waals surface area contributed by atoms with E-state index in [1.54, 1.807) is 0 Å². The van der Waals surface area contributed by atoms with Crippen molar-refractivity contribution >= 4 is 0 Å². The van der Waals surface area contributed by atoms with Gasteiger partial charge in [-0.3, -0.25) is 0 Å². The summed E-state index contributed by atoms with van der Waals surface area (Å²) in [7, 11) is 0. The highest BCUT2D eigenvalue weighted by molar-refractivity contribution is 4.94. The molecule has 0 bridgehead atoms. The Bertz CT molecular complexity index is 195. The zero-order chi connectivity index (χ0) is 10.8. The van der Waals surface area contributed by atoms with Crippen LogP contribution >= 0.6 is 0 Å². The van der Waals surface area contributed by atoms with Gasteiger partial charge in [-0.25, -0.2) is 0 Å². The third kappa shape index (κ3) is 2.39. The minimum absolute atomic E-state index is 0.0230. The zero-order valence-corrected chi connectivity index (χ0v) is 7.98. The van der Waals surface area contributed by atoms with Crippen LogP contribution in [-0.4, -0.2) is 23.4 Å². The molecule has 0 amide bonds. The van der Waals surface area contributed by atoms with Crippen molar-refractivity contribution in [3.8, 4) is 0 Å². The van der Waals surface area contributed by atoms with Crippen molar-refractivity contribution in [2.45, 2.75) is 43.9 Å². The van der Waals surface area contributed by atoms with Gasteiger partial charge in [0.2, 0.25) is 0 Å². The Labute approximate surface area is 81.3 Å². The number of alkyl halides is 3. The normalized spacial score (nSPS) is 33.6. The Morgan fingerprint density at radius 3 is 2.50 bits per heavy atom. The largest absolute Gasteiger partial charge is 0.417 e. The van der Waals surface area contributed by atoms with Crippen molar-refractivity contribution < 1.29 is 18.3 Å². The average molecular weight is 211 g/mol. The monoisotopic (exact) mass is 211 g/mol. The molecule has 0 spiro atoms. The summed E-state index contributed by atoms with van der Waals surface area (Å²) < 4.78 is 37.1. The molecule has 0 aliphatic heterocycles. The standard InChI is InChI=1S/C9H16F3NO/c10-9(11,12)8(14)4-3-7(6-8)2-1-5-13/h7,14H,1-6,13H2. The molecule has 0 aromatic rings. The molecule has 3 N–H and O–H groups in total. The molecule has 0 heterocycles. The number of rotatable bonds is 3. The maximum atomic E-state index is 12.4. The van der Waals surface area contributed by atoms with E-state index in [0.29, 0.717) is 19.4 Å². The van der Waals surface area contributed by atoms with Gasteiger partial charge in [0.05, 0.1) is 0 Å². The van der Waals surface area contributed by atoms with Crippen molar-refractivity contribution in [3.05, 3.63) is 0 Å².